The molecule has 1 N–H and O–H groups in total. The topological polar surface area (TPSA) is 54.9 Å². The quantitative estimate of drug-likeness (QED) is 0.863. The summed E-state index contributed by atoms with van der Waals surface area (Å²) >= 11 is 1.44. The maximum atomic E-state index is 11.3. The predicted molar refractivity (Wildman–Crippen MR) is 62.1 cm³/mol. The van der Waals surface area contributed by atoms with Crippen molar-refractivity contribution in [2.75, 3.05) is 5.32 Å². The Labute approximate surface area is 94.1 Å². The van der Waals surface area contributed by atoms with E-state index in [9.17, 15) is 4.79 Å². The van der Waals surface area contributed by atoms with Crippen molar-refractivity contribution in [3.63, 3.8) is 0 Å². The number of amides is 1. The highest BCUT2D eigenvalue weighted by molar-refractivity contribution is 7.15. The van der Waals surface area contributed by atoms with Crippen molar-refractivity contribution in [2.24, 2.45) is 0 Å². The number of carbonyl (C=O) groups is 1. The Bertz CT molecular complexity index is 341. The van der Waals surface area contributed by atoms with E-state index in [1.807, 2.05) is 6.92 Å². The average molecular weight is 227 g/mol. The summed E-state index contributed by atoms with van der Waals surface area (Å²) in [7, 11) is 0. The molecule has 0 bridgehead atoms. The molecule has 1 heterocycles. The van der Waals surface area contributed by atoms with Crippen LogP contribution in [-0.2, 0) is 10.2 Å². The fourth-order valence-corrected chi connectivity index (χ4v) is 1.80. The van der Waals surface area contributed by atoms with Crippen LogP contribution in [-0.4, -0.2) is 16.1 Å². The van der Waals surface area contributed by atoms with Gasteiger partial charge < -0.3 is 5.32 Å². The number of carbonyl (C=O) groups excluding carboxylic acids is 1. The Hall–Kier alpha value is -0.970. The lowest BCUT2D eigenvalue weighted by molar-refractivity contribution is -0.116. The smallest absolute Gasteiger partial charge is 0.226 e. The van der Waals surface area contributed by atoms with Gasteiger partial charge in [-0.1, -0.05) is 39.0 Å². The van der Waals surface area contributed by atoms with Gasteiger partial charge >= 0.3 is 0 Å². The molecular weight excluding hydrogens is 210 g/mol. The summed E-state index contributed by atoms with van der Waals surface area (Å²) in [5, 5.41) is 12.3. The highest BCUT2D eigenvalue weighted by Crippen LogP contribution is 2.27. The van der Waals surface area contributed by atoms with Crippen LogP contribution in [0.1, 0.15) is 45.5 Å². The second-order valence-corrected chi connectivity index (χ2v) is 5.44. The van der Waals surface area contributed by atoms with Crippen molar-refractivity contribution in [3.8, 4) is 0 Å². The fourth-order valence-electron chi connectivity index (χ4n) is 0.986. The molecule has 0 unspecified atom stereocenters. The number of hydrogen-bond acceptors (Lipinski definition) is 4. The van der Waals surface area contributed by atoms with E-state index in [1.165, 1.54) is 11.3 Å². The zero-order valence-corrected chi connectivity index (χ0v) is 10.4. The summed E-state index contributed by atoms with van der Waals surface area (Å²) < 4.78 is 0. The Morgan fingerprint density at radius 1 is 1.40 bits per heavy atom. The Balaban J connectivity index is 2.65. The van der Waals surface area contributed by atoms with Gasteiger partial charge in [-0.2, -0.15) is 0 Å². The second-order valence-electron chi connectivity index (χ2n) is 4.46. The second kappa shape index (κ2) is 4.70. The van der Waals surface area contributed by atoms with Gasteiger partial charge in [0.1, 0.15) is 5.01 Å². The molecule has 15 heavy (non-hydrogen) atoms. The molecule has 84 valence electrons. The maximum absolute atomic E-state index is 11.3. The first-order valence-electron chi connectivity index (χ1n) is 5.07. The molecule has 0 fully saturated rings. The van der Waals surface area contributed by atoms with E-state index in [1.54, 1.807) is 0 Å². The van der Waals surface area contributed by atoms with Crippen molar-refractivity contribution in [2.45, 2.75) is 46.0 Å². The number of rotatable bonds is 3. The monoisotopic (exact) mass is 227 g/mol. The Kier molecular flexibility index (Phi) is 3.79. The number of aromatic nitrogens is 2. The van der Waals surface area contributed by atoms with Crippen molar-refractivity contribution >= 4 is 22.4 Å². The minimum atomic E-state index is -0.00853. The molecule has 0 radical (unpaired) electrons. The molecule has 0 atom stereocenters. The van der Waals surface area contributed by atoms with Crippen LogP contribution in [0.25, 0.3) is 0 Å². The van der Waals surface area contributed by atoms with Gasteiger partial charge in [-0.25, -0.2) is 0 Å². The van der Waals surface area contributed by atoms with Gasteiger partial charge in [0, 0.05) is 11.8 Å². The summed E-state index contributed by atoms with van der Waals surface area (Å²) in [6.07, 6.45) is 1.38. The SMILES string of the molecule is CCCC(=O)Nc1nnc(C(C)(C)C)s1. The van der Waals surface area contributed by atoms with E-state index >= 15 is 0 Å². The number of nitrogens with zero attached hydrogens (tertiary/aromatic N) is 2. The highest BCUT2D eigenvalue weighted by atomic mass is 32.1. The molecule has 0 spiro atoms. The predicted octanol–water partition coefficient (Wildman–Crippen LogP) is 2.57. The van der Waals surface area contributed by atoms with Crippen LogP contribution in [0.4, 0.5) is 5.13 Å². The molecule has 0 aliphatic heterocycles. The molecule has 4 nitrogen and oxygen atoms in total. The van der Waals surface area contributed by atoms with Crippen molar-refractivity contribution in [3.05, 3.63) is 5.01 Å². The molecule has 1 aromatic rings. The Morgan fingerprint density at radius 2 is 2.07 bits per heavy atom. The van der Waals surface area contributed by atoms with Crippen LogP contribution >= 0.6 is 11.3 Å². The average Bonchev–Trinajstić information content (AvgIpc) is 2.52. The van der Waals surface area contributed by atoms with E-state index in [2.05, 4.69) is 36.3 Å². The molecule has 0 saturated carbocycles. The van der Waals surface area contributed by atoms with E-state index in [0.717, 1.165) is 11.4 Å². The van der Waals surface area contributed by atoms with Gasteiger partial charge in [-0.15, -0.1) is 10.2 Å². The van der Waals surface area contributed by atoms with E-state index in [-0.39, 0.29) is 11.3 Å². The Morgan fingerprint density at radius 3 is 2.53 bits per heavy atom. The molecule has 5 heteroatoms. The molecule has 1 aromatic heterocycles. The molecule has 0 aliphatic rings. The highest BCUT2D eigenvalue weighted by Gasteiger charge is 2.19. The molecule has 0 aliphatic carbocycles. The first kappa shape index (κ1) is 12.1. The van der Waals surface area contributed by atoms with Gasteiger partial charge in [-0.3, -0.25) is 4.79 Å². The number of anilines is 1. The maximum Gasteiger partial charge on any atom is 0.226 e. The van der Waals surface area contributed by atoms with E-state index < -0.39 is 0 Å². The summed E-state index contributed by atoms with van der Waals surface area (Å²) in [5.41, 5.74) is -0.00853. The molecular formula is C10H17N3OS. The van der Waals surface area contributed by atoms with Gasteiger partial charge in [0.2, 0.25) is 11.0 Å². The van der Waals surface area contributed by atoms with Gasteiger partial charge in [0.15, 0.2) is 0 Å². The van der Waals surface area contributed by atoms with Crippen LogP contribution in [0, 0.1) is 0 Å². The summed E-state index contributed by atoms with van der Waals surface area (Å²) in [5.74, 6) is 0.00843. The largest absolute Gasteiger partial charge is 0.301 e. The minimum Gasteiger partial charge on any atom is -0.301 e. The normalized spacial score (nSPS) is 11.5. The molecule has 1 amide bonds. The number of hydrogen-bond donors (Lipinski definition) is 1. The van der Waals surface area contributed by atoms with Gasteiger partial charge in [0.25, 0.3) is 0 Å². The molecule has 0 aromatic carbocycles. The third-order valence-corrected chi connectivity index (χ3v) is 3.05. The zero-order chi connectivity index (χ0) is 11.5. The van der Waals surface area contributed by atoms with E-state index in [0.29, 0.717) is 11.6 Å². The van der Waals surface area contributed by atoms with Crippen molar-refractivity contribution < 1.29 is 4.79 Å². The van der Waals surface area contributed by atoms with E-state index in [4.69, 9.17) is 0 Å². The minimum absolute atomic E-state index is 0.00843. The first-order chi connectivity index (χ1) is 6.93. The third-order valence-electron chi connectivity index (χ3n) is 1.79. The lowest BCUT2D eigenvalue weighted by Gasteiger charge is -2.12. The summed E-state index contributed by atoms with van der Waals surface area (Å²) in [6, 6.07) is 0. The standard InChI is InChI=1S/C10H17N3OS/c1-5-6-7(14)11-9-13-12-8(15-9)10(2,3)4/h5-6H2,1-4H3,(H,11,13,14). The van der Waals surface area contributed by atoms with Crippen LogP contribution in [0.5, 0.6) is 0 Å². The van der Waals surface area contributed by atoms with Gasteiger partial charge in [0.05, 0.1) is 0 Å². The lowest BCUT2D eigenvalue weighted by atomic mass is 9.98. The van der Waals surface area contributed by atoms with Crippen LogP contribution in [0.15, 0.2) is 0 Å². The zero-order valence-electron chi connectivity index (χ0n) is 9.63. The third kappa shape index (κ3) is 3.58. The van der Waals surface area contributed by atoms with Crippen LogP contribution in [0.3, 0.4) is 0 Å². The first-order valence-corrected chi connectivity index (χ1v) is 5.89. The molecule has 1 rings (SSSR count). The van der Waals surface area contributed by atoms with Crippen molar-refractivity contribution in [1.82, 2.24) is 10.2 Å². The summed E-state index contributed by atoms with van der Waals surface area (Å²) in [6.45, 7) is 8.20. The van der Waals surface area contributed by atoms with Crippen LogP contribution < -0.4 is 5.32 Å². The lowest BCUT2D eigenvalue weighted by Crippen LogP contribution is -2.10. The van der Waals surface area contributed by atoms with Crippen molar-refractivity contribution in [1.29, 1.82) is 0 Å². The fraction of sp³-hybridized carbons (Fsp3) is 0.700. The molecule has 0 saturated heterocycles. The summed E-state index contributed by atoms with van der Waals surface area (Å²) in [4.78, 5) is 11.3. The van der Waals surface area contributed by atoms with Crippen LogP contribution in [0.2, 0.25) is 0 Å². The number of nitrogens with one attached hydrogen (secondary N) is 1. The van der Waals surface area contributed by atoms with Gasteiger partial charge in [-0.05, 0) is 6.42 Å².